The van der Waals surface area contributed by atoms with E-state index in [0.717, 1.165) is 32.2 Å². The highest BCUT2D eigenvalue weighted by Crippen LogP contribution is 2.00. The van der Waals surface area contributed by atoms with Crippen molar-refractivity contribution in [3.8, 4) is 0 Å². The molecule has 0 heterocycles. The SMILES string of the molecule is COC(N)CCCCCN. The van der Waals surface area contributed by atoms with Gasteiger partial charge in [-0.3, -0.25) is 0 Å². The normalized spacial score (nSPS) is 13.5. The molecule has 0 aliphatic heterocycles. The Morgan fingerprint density at radius 1 is 1.30 bits per heavy atom. The summed E-state index contributed by atoms with van der Waals surface area (Å²) in [6, 6.07) is 0. The summed E-state index contributed by atoms with van der Waals surface area (Å²) < 4.78 is 4.88. The van der Waals surface area contributed by atoms with Crippen LogP contribution in [0.5, 0.6) is 0 Å². The standard InChI is InChI=1S/C7H18N2O/c1-10-7(9)5-3-2-4-6-8/h7H,2-6,8-9H2,1H3. The number of rotatable bonds is 6. The van der Waals surface area contributed by atoms with Gasteiger partial charge >= 0.3 is 0 Å². The van der Waals surface area contributed by atoms with E-state index < -0.39 is 0 Å². The van der Waals surface area contributed by atoms with Gasteiger partial charge in [-0.05, 0) is 25.8 Å². The third-order valence-corrected chi connectivity index (χ3v) is 1.50. The summed E-state index contributed by atoms with van der Waals surface area (Å²) in [6.07, 6.45) is 4.23. The zero-order valence-corrected chi connectivity index (χ0v) is 6.68. The third kappa shape index (κ3) is 6.01. The van der Waals surface area contributed by atoms with Crippen LogP contribution in [0.1, 0.15) is 25.7 Å². The molecule has 3 heteroatoms. The summed E-state index contributed by atoms with van der Waals surface area (Å²) in [5.74, 6) is 0. The number of methoxy groups -OCH3 is 1. The lowest BCUT2D eigenvalue weighted by Crippen LogP contribution is -2.21. The van der Waals surface area contributed by atoms with Crippen LogP contribution in [0, 0.1) is 0 Å². The molecule has 0 aliphatic carbocycles. The van der Waals surface area contributed by atoms with Crippen LogP contribution < -0.4 is 11.5 Å². The summed E-state index contributed by atoms with van der Waals surface area (Å²) in [6.45, 7) is 0.780. The van der Waals surface area contributed by atoms with Crippen LogP contribution in [0.4, 0.5) is 0 Å². The van der Waals surface area contributed by atoms with Gasteiger partial charge < -0.3 is 16.2 Å². The smallest absolute Gasteiger partial charge is 0.105 e. The quantitative estimate of drug-likeness (QED) is 0.422. The van der Waals surface area contributed by atoms with Crippen LogP contribution in [0.2, 0.25) is 0 Å². The van der Waals surface area contributed by atoms with E-state index in [1.165, 1.54) is 0 Å². The molecule has 1 unspecified atom stereocenters. The fourth-order valence-corrected chi connectivity index (χ4v) is 0.784. The largest absolute Gasteiger partial charge is 0.367 e. The first kappa shape index (κ1) is 9.88. The minimum atomic E-state index is -0.0854. The highest BCUT2D eigenvalue weighted by atomic mass is 16.5. The summed E-state index contributed by atoms with van der Waals surface area (Å²) in [7, 11) is 1.63. The van der Waals surface area contributed by atoms with E-state index in [4.69, 9.17) is 16.2 Å². The molecule has 0 aromatic rings. The van der Waals surface area contributed by atoms with Crippen LogP contribution in [0.25, 0.3) is 0 Å². The van der Waals surface area contributed by atoms with Crippen molar-refractivity contribution >= 4 is 0 Å². The fourth-order valence-electron chi connectivity index (χ4n) is 0.784. The van der Waals surface area contributed by atoms with Gasteiger partial charge in [0.05, 0.1) is 0 Å². The van der Waals surface area contributed by atoms with Crippen LogP contribution in [-0.4, -0.2) is 19.9 Å². The van der Waals surface area contributed by atoms with Crippen molar-refractivity contribution in [3.63, 3.8) is 0 Å². The Labute approximate surface area is 62.7 Å². The molecule has 0 aliphatic rings. The first-order valence-electron chi connectivity index (χ1n) is 3.79. The summed E-state index contributed by atoms with van der Waals surface area (Å²) in [4.78, 5) is 0. The lowest BCUT2D eigenvalue weighted by atomic mass is 10.2. The van der Waals surface area contributed by atoms with E-state index >= 15 is 0 Å². The molecular weight excluding hydrogens is 128 g/mol. The van der Waals surface area contributed by atoms with Gasteiger partial charge in [-0.2, -0.15) is 0 Å². The number of nitrogens with two attached hydrogens (primary N) is 2. The highest BCUT2D eigenvalue weighted by molar-refractivity contribution is 4.48. The van der Waals surface area contributed by atoms with Crippen molar-refractivity contribution in [3.05, 3.63) is 0 Å². The molecule has 0 aromatic carbocycles. The summed E-state index contributed by atoms with van der Waals surface area (Å²) in [5.41, 5.74) is 10.8. The molecule has 4 N–H and O–H groups in total. The maximum absolute atomic E-state index is 5.50. The monoisotopic (exact) mass is 146 g/mol. The Morgan fingerprint density at radius 3 is 2.50 bits per heavy atom. The van der Waals surface area contributed by atoms with Crippen LogP contribution in [0.3, 0.4) is 0 Å². The average Bonchev–Trinajstić information content (AvgIpc) is 1.98. The first-order valence-corrected chi connectivity index (χ1v) is 3.79. The Morgan fingerprint density at radius 2 is 2.00 bits per heavy atom. The number of hydrogen-bond donors (Lipinski definition) is 2. The van der Waals surface area contributed by atoms with Gasteiger partial charge in [0.25, 0.3) is 0 Å². The van der Waals surface area contributed by atoms with Crippen LogP contribution >= 0.6 is 0 Å². The molecule has 10 heavy (non-hydrogen) atoms. The van der Waals surface area contributed by atoms with Gasteiger partial charge in [-0.25, -0.2) is 0 Å². The number of ether oxygens (including phenoxy) is 1. The molecule has 0 fully saturated rings. The molecule has 0 aromatic heterocycles. The lowest BCUT2D eigenvalue weighted by molar-refractivity contribution is 0.0984. The van der Waals surface area contributed by atoms with Crippen molar-refractivity contribution in [2.45, 2.75) is 31.9 Å². The molecule has 1 atom stereocenters. The van der Waals surface area contributed by atoms with E-state index in [-0.39, 0.29) is 6.23 Å². The van der Waals surface area contributed by atoms with Crippen molar-refractivity contribution in [1.82, 2.24) is 0 Å². The topological polar surface area (TPSA) is 61.3 Å². The van der Waals surface area contributed by atoms with Crippen LogP contribution in [-0.2, 0) is 4.74 Å². The fraction of sp³-hybridized carbons (Fsp3) is 1.00. The van der Waals surface area contributed by atoms with Gasteiger partial charge in [-0.15, -0.1) is 0 Å². The van der Waals surface area contributed by atoms with Gasteiger partial charge in [0.15, 0.2) is 0 Å². The summed E-state index contributed by atoms with van der Waals surface area (Å²) >= 11 is 0. The maximum Gasteiger partial charge on any atom is 0.105 e. The molecule has 0 spiro atoms. The maximum atomic E-state index is 5.50. The van der Waals surface area contributed by atoms with Crippen molar-refractivity contribution in [1.29, 1.82) is 0 Å². The molecule has 0 saturated heterocycles. The second kappa shape index (κ2) is 6.99. The Hall–Kier alpha value is -0.120. The third-order valence-electron chi connectivity index (χ3n) is 1.50. The highest BCUT2D eigenvalue weighted by Gasteiger charge is 1.97. The van der Waals surface area contributed by atoms with Crippen molar-refractivity contribution in [2.24, 2.45) is 11.5 Å². The first-order chi connectivity index (χ1) is 4.81. The minimum Gasteiger partial charge on any atom is -0.367 e. The van der Waals surface area contributed by atoms with Gasteiger partial charge in [0.1, 0.15) is 6.23 Å². The summed E-state index contributed by atoms with van der Waals surface area (Å²) in [5, 5.41) is 0. The number of unbranched alkanes of at least 4 members (excludes halogenated alkanes) is 2. The van der Waals surface area contributed by atoms with E-state index in [1.54, 1.807) is 7.11 Å². The van der Waals surface area contributed by atoms with E-state index in [0.29, 0.717) is 0 Å². The van der Waals surface area contributed by atoms with E-state index in [9.17, 15) is 0 Å². The van der Waals surface area contributed by atoms with Gasteiger partial charge in [-0.1, -0.05) is 6.42 Å². The van der Waals surface area contributed by atoms with Crippen molar-refractivity contribution < 1.29 is 4.74 Å². The van der Waals surface area contributed by atoms with E-state index in [2.05, 4.69) is 0 Å². The number of hydrogen-bond acceptors (Lipinski definition) is 3. The van der Waals surface area contributed by atoms with Gasteiger partial charge in [0.2, 0.25) is 0 Å². The zero-order chi connectivity index (χ0) is 7.82. The molecular formula is C7H18N2O. The van der Waals surface area contributed by atoms with Gasteiger partial charge in [0, 0.05) is 7.11 Å². The second-order valence-electron chi connectivity index (χ2n) is 2.41. The molecule has 0 radical (unpaired) electrons. The average molecular weight is 146 g/mol. The molecule has 0 bridgehead atoms. The molecule has 62 valence electrons. The molecule has 0 amide bonds. The minimum absolute atomic E-state index is 0.0854. The molecule has 0 rings (SSSR count). The predicted octanol–water partition coefficient (Wildman–Crippen LogP) is 0.437. The second-order valence-corrected chi connectivity index (χ2v) is 2.41. The van der Waals surface area contributed by atoms with E-state index in [1.807, 2.05) is 0 Å². The van der Waals surface area contributed by atoms with Crippen molar-refractivity contribution in [2.75, 3.05) is 13.7 Å². The Kier molecular flexibility index (Phi) is 6.91. The molecule has 0 saturated carbocycles. The Bertz CT molecular complexity index is 68.6. The lowest BCUT2D eigenvalue weighted by Gasteiger charge is -2.07. The van der Waals surface area contributed by atoms with Crippen LogP contribution in [0.15, 0.2) is 0 Å². The molecule has 3 nitrogen and oxygen atoms in total. The predicted molar refractivity (Wildman–Crippen MR) is 42.5 cm³/mol. The zero-order valence-electron chi connectivity index (χ0n) is 6.68. The Balaban J connectivity index is 2.89.